The van der Waals surface area contributed by atoms with Gasteiger partial charge in [0.1, 0.15) is 11.4 Å². The number of ketones is 1. The lowest BCUT2D eigenvalue weighted by Crippen LogP contribution is -2.16. The van der Waals surface area contributed by atoms with E-state index < -0.39 is 11.6 Å². The summed E-state index contributed by atoms with van der Waals surface area (Å²) in [6.45, 7) is 0. The van der Waals surface area contributed by atoms with Crippen molar-refractivity contribution < 1.29 is 13.9 Å². The quantitative estimate of drug-likeness (QED) is 0.591. The Morgan fingerprint density at radius 1 is 1.10 bits per heavy atom. The predicted molar refractivity (Wildman–Crippen MR) is 74.6 cm³/mol. The summed E-state index contributed by atoms with van der Waals surface area (Å²) in [5, 5.41) is 12.6. The molecule has 3 rings (SSSR count). The van der Waals surface area contributed by atoms with E-state index in [0.717, 1.165) is 6.07 Å². The third-order valence-electron chi connectivity index (χ3n) is 3.02. The highest BCUT2D eigenvalue weighted by Crippen LogP contribution is 2.35. The van der Waals surface area contributed by atoms with Gasteiger partial charge in [-0.2, -0.15) is 4.74 Å². The van der Waals surface area contributed by atoms with Gasteiger partial charge >= 0.3 is 0 Å². The number of hydrogen-bond acceptors (Lipinski definition) is 2. The summed E-state index contributed by atoms with van der Waals surface area (Å²) in [6.07, 6.45) is 0. The number of halogens is 3. The highest BCUT2D eigenvalue weighted by atomic mass is 35.5. The van der Waals surface area contributed by atoms with E-state index in [4.69, 9.17) is 23.2 Å². The SMILES string of the molecule is O=C1C(c2cccc(F)c2)=[N+]([O-])c2cc(Cl)c(Cl)cc21. The molecule has 0 saturated carbocycles. The van der Waals surface area contributed by atoms with E-state index in [1.165, 1.54) is 30.3 Å². The third-order valence-corrected chi connectivity index (χ3v) is 3.74. The van der Waals surface area contributed by atoms with Gasteiger partial charge in [0, 0.05) is 6.07 Å². The Bertz CT molecular complexity index is 787. The fourth-order valence-corrected chi connectivity index (χ4v) is 2.43. The van der Waals surface area contributed by atoms with Crippen LogP contribution < -0.4 is 0 Å². The molecule has 0 atom stereocenters. The molecule has 20 heavy (non-hydrogen) atoms. The van der Waals surface area contributed by atoms with E-state index in [1.54, 1.807) is 0 Å². The van der Waals surface area contributed by atoms with Crippen LogP contribution in [0.4, 0.5) is 10.1 Å². The molecule has 2 aromatic carbocycles. The van der Waals surface area contributed by atoms with Gasteiger partial charge in [-0.1, -0.05) is 29.3 Å². The molecule has 0 aromatic heterocycles. The van der Waals surface area contributed by atoms with Crippen LogP contribution in [0, 0.1) is 11.0 Å². The molecule has 0 bridgehead atoms. The Morgan fingerprint density at radius 3 is 2.50 bits per heavy atom. The molecule has 0 N–H and O–H groups in total. The molecule has 2 aromatic rings. The molecule has 1 aliphatic heterocycles. The molecule has 0 amide bonds. The van der Waals surface area contributed by atoms with Crippen LogP contribution in [-0.4, -0.2) is 16.2 Å². The van der Waals surface area contributed by atoms with E-state index in [9.17, 15) is 14.4 Å². The minimum Gasteiger partial charge on any atom is -0.618 e. The second-order valence-electron chi connectivity index (χ2n) is 4.27. The lowest BCUT2D eigenvalue weighted by atomic mass is 10.0. The summed E-state index contributed by atoms with van der Waals surface area (Å²) in [5.74, 6) is -1.03. The zero-order valence-corrected chi connectivity index (χ0v) is 11.4. The second kappa shape index (κ2) is 4.58. The Kier molecular flexibility index (Phi) is 3.00. The third kappa shape index (κ3) is 1.88. The van der Waals surface area contributed by atoms with Crippen LogP contribution in [-0.2, 0) is 0 Å². The first kappa shape index (κ1) is 13.1. The Balaban J connectivity index is 2.22. The molecular weight excluding hydrogens is 304 g/mol. The number of benzene rings is 2. The molecule has 0 fully saturated rings. The van der Waals surface area contributed by atoms with Gasteiger partial charge in [0.2, 0.25) is 5.69 Å². The predicted octanol–water partition coefficient (Wildman–Crippen LogP) is 3.96. The molecule has 0 spiro atoms. The van der Waals surface area contributed by atoms with E-state index in [1.807, 2.05) is 0 Å². The molecule has 3 nitrogen and oxygen atoms in total. The number of carbonyl (C=O) groups excluding carboxylic acids is 1. The maximum absolute atomic E-state index is 13.2. The Morgan fingerprint density at radius 2 is 1.80 bits per heavy atom. The topological polar surface area (TPSA) is 43.1 Å². The Labute approximate surface area is 123 Å². The zero-order valence-electron chi connectivity index (χ0n) is 9.86. The van der Waals surface area contributed by atoms with Crippen LogP contribution in [0.1, 0.15) is 15.9 Å². The van der Waals surface area contributed by atoms with Crippen LogP contribution in [0.15, 0.2) is 36.4 Å². The highest BCUT2D eigenvalue weighted by molar-refractivity contribution is 6.53. The van der Waals surface area contributed by atoms with Crippen LogP contribution in [0.25, 0.3) is 0 Å². The van der Waals surface area contributed by atoms with Gasteiger partial charge in [0.25, 0.3) is 11.5 Å². The van der Waals surface area contributed by atoms with Gasteiger partial charge in [-0.25, -0.2) is 4.39 Å². The minimum absolute atomic E-state index is 0.115. The molecule has 1 heterocycles. The standard InChI is InChI=1S/C14H6Cl2FNO2/c15-10-5-9-12(6-11(10)16)18(20)13(14(9)19)7-2-1-3-8(17)4-7/h1-6H. The maximum Gasteiger partial charge on any atom is 0.273 e. The summed E-state index contributed by atoms with van der Waals surface area (Å²) < 4.78 is 13.7. The number of Topliss-reactive ketones (excluding diaryl/α,β-unsaturated/α-hetero) is 1. The summed E-state index contributed by atoms with van der Waals surface area (Å²) in [7, 11) is 0. The van der Waals surface area contributed by atoms with Crippen molar-refractivity contribution in [2.24, 2.45) is 0 Å². The molecule has 0 unspecified atom stereocenters. The molecule has 0 aliphatic carbocycles. The molecule has 0 radical (unpaired) electrons. The largest absolute Gasteiger partial charge is 0.618 e. The Hall–Kier alpha value is -1.91. The lowest BCUT2D eigenvalue weighted by molar-refractivity contribution is -0.355. The van der Waals surface area contributed by atoms with Crippen molar-refractivity contribution in [1.29, 1.82) is 0 Å². The van der Waals surface area contributed by atoms with E-state index in [0.29, 0.717) is 4.74 Å². The van der Waals surface area contributed by atoms with Gasteiger partial charge in [0.15, 0.2) is 0 Å². The molecule has 1 aliphatic rings. The summed E-state index contributed by atoms with van der Waals surface area (Å²) in [6, 6.07) is 7.97. The fourth-order valence-electron chi connectivity index (χ4n) is 2.11. The van der Waals surface area contributed by atoms with Crippen molar-refractivity contribution in [1.82, 2.24) is 0 Å². The first-order valence-electron chi connectivity index (χ1n) is 5.63. The second-order valence-corrected chi connectivity index (χ2v) is 5.08. The van der Waals surface area contributed by atoms with Crippen LogP contribution >= 0.6 is 23.2 Å². The van der Waals surface area contributed by atoms with Gasteiger partial charge in [-0.05, 0) is 24.3 Å². The number of fused-ring (bicyclic) bond motifs is 1. The van der Waals surface area contributed by atoms with Crippen molar-refractivity contribution in [3.63, 3.8) is 0 Å². The zero-order chi connectivity index (χ0) is 14.4. The van der Waals surface area contributed by atoms with Crippen molar-refractivity contribution in [3.05, 3.63) is 68.6 Å². The average molecular weight is 310 g/mol. The van der Waals surface area contributed by atoms with Gasteiger partial charge < -0.3 is 5.21 Å². The van der Waals surface area contributed by atoms with Crippen molar-refractivity contribution in [3.8, 4) is 0 Å². The van der Waals surface area contributed by atoms with Crippen molar-refractivity contribution >= 4 is 40.4 Å². The smallest absolute Gasteiger partial charge is 0.273 e. The monoisotopic (exact) mass is 309 g/mol. The average Bonchev–Trinajstić information content (AvgIpc) is 2.63. The highest BCUT2D eigenvalue weighted by Gasteiger charge is 2.37. The van der Waals surface area contributed by atoms with Crippen LogP contribution in [0.2, 0.25) is 10.0 Å². The number of carbonyl (C=O) groups is 1. The molecule has 100 valence electrons. The van der Waals surface area contributed by atoms with E-state index in [2.05, 4.69) is 0 Å². The van der Waals surface area contributed by atoms with Gasteiger partial charge in [0.05, 0.1) is 15.6 Å². The first-order chi connectivity index (χ1) is 9.49. The molecule has 0 saturated heterocycles. The number of rotatable bonds is 1. The maximum atomic E-state index is 13.2. The number of nitrogens with zero attached hydrogens (tertiary/aromatic N) is 1. The normalized spacial score (nSPS) is 13.8. The minimum atomic E-state index is -0.525. The van der Waals surface area contributed by atoms with Crippen molar-refractivity contribution in [2.45, 2.75) is 0 Å². The lowest BCUT2D eigenvalue weighted by Gasteiger charge is -2.02. The van der Waals surface area contributed by atoms with Crippen molar-refractivity contribution in [2.75, 3.05) is 0 Å². The van der Waals surface area contributed by atoms with E-state index in [-0.39, 0.29) is 32.6 Å². The van der Waals surface area contributed by atoms with Gasteiger partial charge in [-0.15, -0.1) is 0 Å². The first-order valence-corrected chi connectivity index (χ1v) is 6.38. The van der Waals surface area contributed by atoms with Crippen LogP contribution in [0.5, 0.6) is 0 Å². The summed E-state index contributed by atoms with van der Waals surface area (Å²) in [4.78, 5) is 12.3. The van der Waals surface area contributed by atoms with E-state index >= 15 is 0 Å². The fraction of sp³-hybridized carbons (Fsp3) is 0. The van der Waals surface area contributed by atoms with Gasteiger partial charge in [-0.3, -0.25) is 4.79 Å². The molecular formula is C14H6Cl2FNO2. The molecule has 6 heteroatoms. The van der Waals surface area contributed by atoms with Crippen LogP contribution in [0.3, 0.4) is 0 Å². The summed E-state index contributed by atoms with van der Waals surface area (Å²) in [5.41, 5.74) is 0.351. The number of hydrogen-bond donors (Lipinski definition) is 0. The summed E-state index contributed by atoms with van der Waals surface area (Å²) >= 11 is 11.7.